The molecule has 0 bridgehead atoms. The number of hydrogen-bond donors (Lipinski definition) is 2. The molecule has 118 valence electrons. The predicted molar refractivity (Wildman–Crippen MR) is 86.5 cm³/mol. The van der Waals surface area contributed by atoms with Crippen LogP contribution in [0.1, 0.15) is 37.3 Å². The van der Waals surface area contributed by atoms with Crippen molar-refractivity contribution >= 4 is 26.0 Å². The number of sulfonamides is 1. The van der Waals surface area contributed by atoms with Gasteiger partial charge < -0.3 is 5.11 Å². The van der Waals surface area contributed by atoms with Gasteiger partial charge >= 0.3 is 0 Å². The molecule has 0 aliphatic heterocycles. The number of aliphatic hydroxyl groups is 1. The Morgan fingerprint density at radius 1 is 1.38 bits per heavy atom. The number of rotatable bonds is 5. The van der Waals surface area contributed by atoms with Gasteiger partial charge in [0, 0.05) is 11.0 Å². The maximum absolute atomic E-state index is 12.5. The Morgan fingerprint density at radius 2 is 2.10 bits per heavy atom. The summed E-state index contributed by atoms with van der Waals surface area (Å²) in [6, 6.07) is 3.28. The molecule has 6 heteroatoms. The summed E-state index contributed by atoms with van der Waals surface area (Å²) < 4.78 is 28.4. The Balaban J connectivity index is 2.17. The Bertz CT molecular complexity index is 616. The Hall–Kier alpha value is -0.430. The van der Waals surface area contributed by atoms with E-state index >= 15 is 0 Å². The molecule has 2 atom stereocenters. The molecule has 0 radical (unpaired) electrons. The van der Waals surface area contributed by atoms with E-state index in [1.807, 2.05) is 0 Å². The second-order valence-corrected chi connectivity index (χ2v) is 8.58. The number of benzene rings is 1. The van der Waals surface area contributed by atoms with Crippen LogP contribution >= 0.6 is 15.9 Å². The SMILES string of the molecule is Cc1c(Br)cc(CO)cc1S(=O)(=O)NCC1CCC(C)C1. The molecule has 21 heavy (non-hydrogen) atoms. The number of nitrogens with one attached hydrogen (secondary N) is 1. The van der Waals surface area contributed by atoms with E-state index in [0.29, 0.717) is 34.0 Å². The third-order valence-corrected chi connectivity index (χ3v) is 6.57. The number of hydrogen-bond acceptors (Lipinski definition) is 3. The normalized spacial score (nSPS) is 22.7. The van der Waals surface area contributed by atoms with Crippen LogP contribution < -0.4 is 4.72 Å². The largest absolute Gasteiger partial charge is 0.392 e. The van der Waals surface area contributed by atoms with Crippen molar-refractivity contribution in [1.29, 1.82) is 0 Å². The van der Waals surface area contributed by atoms with Gasteiger partial charge in [0.05, 0.1) is 11.5 Å². The fraction of sp³-hybridized carbons (Fsp3) is 0.600. The van der Waals surface area contributed by atoms with E-state index in [4.69, 9.17) is 0 Å². The lowest BCUT2D eigenvalue weighted by Crippen LogP contribution is -2.29. The van der Waals surface area contributed by atoms with Crippen LogP contribution in [-0.4, -0.2) is 20.1 Å². The maximum Gasteiger partial charge on any atom is 0.240 e. The molecule has 1 aliphatic carbocycles. The second-order valence-electron chi connectivity index (χ2n) is 6.00. The molecule has 0 aromatic heterocycles. The zero-order valence-electron chi connectivity index (χ0n) is 12.4. The molecular formula is C15H22BrNO3S. The molecule has 2 N–H and O–H groups in total. The quantitative estimate of drug-likeness (QED) is 0.831. The second kappa shape index (κ2) is 6.77. The molecule has 0 saturated heterocycles. The monoisotopic (exact) mass is 375 g/mol. The highest BCUT2D eigenvalue weighted by molar-refractivity contribution is 9.10. The van der Waals surface area contributed by atoms with E-state index in [2.05, 4.69) is 27.6 Å². The summed E-state index contributed by atoms with van der Waals surface area (Å²) in [5.41, 5.74) is 1.25. The molecule has 0 spiro atoms. The molecule has 2 unspecified atom stereocenters. The van der Waals surface area contributed by atoms with E-state index in [1.165, 1.54) is 6.42 Å². The van der Waals surface area contributed by atoms with Gasteiger partial charge in [0.2, 0.25) is 10.0 Å². The Labute approximate surface area is 135 Å². The van der Waals surface area contributed by atoms with Gasteiger partial charge in [-0.3, -0.25) is 0 Å². The van der Waals surface area contributed by atoms with Crippen molar-refractivity contribution in [3.8, 4) is 0 Å². The summed E-state index contributed by atoms with van der Waals surface area (Å²) in [7, 11) is -3.54. The van der Waals surface area contributed by atoms with Gasteiger partial charge in [0.15, 0.2) is 0 Å². The first-order chi connectivity index (χ1) is 9.83. The molecule has 1 aromatic carbocycles. The van der Waals surface area contributed by atoms with Crippen molar-refractivity contribution in [3.63, 3.8) is 0 Å². The summed E-state index contributed by atoms with van der Waals surface area (Å²) in [4.78, 5) is 0.243. The molecule has 0 heterocycles. The van der Waals surface area contributed by atoms with E-state index in [0.717, 1.165) is 12.8 Å². The van der Waals surface area contributed by atoms with Crippen LogP contribution in [0.25, 0.3) is 0 Å². The third-order valence-electron chi connectivity index (χ3n) is 4.19. The molecule has 1 fully saturated rings. The molecule has 1 aliphatic rings. The minimum Gasteiger partial charge on any atom is -0.392 e. The highest BCUT2D eigenvalue weighted by Crippen LogP contribution is 2.30. The van der Waals surface area contributed by atoms with Gasteiger partial charge in [-0.2, -0.15) is 0 Å². The fourth-order valence-corrected chi connectivity index (χ4v) is 4.96. The van der Waals surface area contributed by atoms with Crippen LogP contribution in [0.15, 0.2) is 21.5 Å². The van der Waals surface area contributed by atoms with Crippen molar-refractivity contribution in [1.82, 2.24) is 4.72 Å². The first-order valence-corrected chi connectivity index (χ1v) is 9.50. The standard InChI is InChI=1S/C15H22BrNO3S/c1-10-3-4-12(5-10)8-17-21(19,20)15-7-13(9-18)6-14(16)11(15)2/h6-7,10,12,17-18H,3-5,8-9H2,1-2H3. The van der Waals surface area contributed by atoms with E-state index in [9.17, 15) is 13.5 Å². The van der Waals surface area contributed by atoms with Crippen LogP contribution in [0, 0.1) is 18.8 Å². The van der Waals surface area contributed by atoms with Crippen molar-refractivity contribution in [2.45, 2.75) is 44.6 Å². The smallest absolute Gasteiger partial charge is 0.240 e. The van der Waals surface area contributed by atoms with E-state index in [-0.39, 0.29) is 11.5 Å². The summed E-state index contributed by atoms with van der Waals surface area (Å²) in [5, 5.41) is 9.24. The van der Waals surface area contributed by atoms with Gasteiger partial charge in [0.1, 0.15) is 0 Å². The zero-order valence-corrected chi connectivity index (χ0v) is 14.8. The van der Waals surface area contributed by atoms with Gasteiger partial charge in [-0.15, -0.1) is 0 Å². The minimum atomic E-state index is -3.54. The summed E-state index contributed by atoms with van der Waals surface area (Å²) in [6.07, 6.45) is 3.35. The summed E-state index contributed by atoms with van der Waals surface area (Å²) in [5.74, 6) is 1.12. The van der Waals surface area contributed by atoms with Gasteiger partial charge in [-0.05, 0) is 54.9 Å². The molecule has 1 aromatic rings. The predicted octanol–water partition coefficient (Wildman–Crippen LogP) is 2.96. The van der Waals surface area contributed by atoms with Gasteiger partial charge in [-0.1, -0.05) is 29.3 Å². The molecule has 0 amide bonds. The molecule has 1 saturated carbocycles. The Morgan fingerprint density at radius 3 is 2.67 bits per heavy atom. The number of halogens is 1. The molecule has 4 nitrogen and oxygen atoms in total. The van der Waals surface area contributed by atoms with Gasteiger partial charge in [0.25, 0.3) is 0 Å². The van der Waals surface area contributed by atoms with Crippen molar-refractivity contribution in [2.24, 2.45) is 11.8 Å². The first kappa shape index (κ1) is 16.9. The van der Waals surface area contributed by atoms with E-state index in [1.54, 1.807) is 19.1 Å². The lowest BCUT2D eigenvalue weighted by molar-refractivity contribution is 0.281. The average molecular weight is 376 g/mol. The van der Waals surface area contributed by atoms with Crippen LogP contribution in [0.3, 0.4) is 0 Å². The van der Waals surface area contributed by atoms with Crippen LogP contribution in [0.5, 0.6) is 0 Å². The highest BCUT2D eigenvalue weighted by atomic mass is 79.9. The van der Waals surface area contributed by atoms with Crippen LogP contribution in [0.2, 0.25) is 0 Å². The highest BCUT2D eigenvalue weighted by Gasteiger charge is 2.25. The first-order valence-electron chi connectivity index (χ1n) is 7.23. The lowest BCUT2D eigenvalue weighted by atomic mass is 10.1. The maximum atomic E-state index is 12.5. The van der Waals surface area contributed by atoms with Crippen molar-refractivity contribution < 1.29 is 13.5 Å². The average Bonchev–Trinajstić information content (AvgIpc) is 2.85. The third kappa shape index (κ3) is 4.06. The molecule has 2 rings (SSSR count). The summed E-state index contributed by atoms with van der Waals surface area (Å²) >= 11 is 3.35. The number of aliphatic hydroxyl groups excluding tert-OH is 1. The topological polar surface area (TPSA) is 66.4 Å². The van der Waals surface area contributed by atoms with Crippen molar-refractivity contribution in [3.05, 3.63) is 27.7 Å². The fourth-order valence-electron chi connectivity index (χ4n) is 2.89. The molecular weight excluding hydrogens is 354 g/mol. The van der Waals surface area contributed by atoms with Crippen LogP contribution in [0.4, 0.5) is 0 Å². The Kier molecular flexibility index (Phi) is 5.46. The van der Waals surface area contributed by atoms with E-state index < -0.39 is 10.0 Å². The van der Waals surface area contributed by atoms with Crippen molar-refractivity contribution in [2.75, 3.05) is 6.54 Å². The van der Waals surface area contributed by atoms with Crippen LogP contribution in [-0.2, 0) is 16.6 Å². The summed E-state index contributed by atoms with van der Waals surface area (Å²) in [6.45, 7) is 4.28. The minimum absolute atomic E-state index is 0.179. The lowest BCUT2D eigenvalue weighted by Gasteiger charge is -2.15. The van der Waals surface area contributed by atoms with Gasteiger partial charge in [-0.25, -0.2) is 13.1 Å². The zero-order chi connectivity index (χ0) is 15.6.